The number of carbonyl (C=O) groups is 1. The van der Waals surface area contributed by atoms with E-state index in [2.05, 4.69) is 10.1 Å². The summed E-state index contributed by atoms with van der Waals surface area (Å²) in [6.07, 6.45) is -0.0770. The molecule has 3 rings (SSSR count). The van der Waals surface area contributed by atoms with Gasteiger partial charge in [-0.15, -0.1) is 0 Å². The number of nitrogens with one attached hydrogen (secondary N) is 1. The van der Waals surface area contributed by atoms with Crippen LogP contribution >= 0.6 is 0 Å². The molecule has 6 nitrogen and oxygen atoms in total. The highest BCUT2D eigenvalue weighted by Gasteiger charge is 2.18. The predicted molar refractivity (Wildman–Crippen MR) is 95.8 cm³/mol. The van der Waals surface area contributed by atoms with E-state index in [9.17, 15) is 9.59 Å². The van der Waals surface area contributed by atoms with Crippen LogP contribution in [0.1, 0.15) is 29.3 Å². The molecule has 130 valence electrons. The van der Waals surface area contributed by atoms with Crippen LogP contribution in [0.25, 0.3) is 16.9 Å². The Hall–Kier alpha value is -2.89. The largest absolute Gasteiger partial charge is 0.466 e. The molecule has 6 heteroatoms. The molecule has 0 unspecified atom stereocenters. The fourth-order valence-corrected chi connectivity index (χ4v) is 2.89. The lowest BCUT2D eigenvalue weighted by Crippen LogP contribution is -2.24. The summed E-state index contributed by atoms with van der Waals surface area (Å²) in [4.78, 5) is 29.1. The minimum absolute atomic E-state index is 0.0770. The normalized spacial score (nSPS) is 11.0. The van der Waals surface area contributed by atoms with E-state index in [0.29, 0.717) is 16.9 Å². The topological polar surface area (TPSA) is 76.5 Å². The number of carbonyl (C=O) groups excluding carboxylic acids is 1. The summed E-state index contributed by atoms with van der Waals surface area (Å²) in [6, 6.07) is 8.05. The van der Waals surface area contributed by atoms with Gasteiger partial charge in [-0.3, -0.25) is 14.7 Å². The van der Waals surface area contributed by atoms with Gasteiger partial charge in [0.25, 0.3) is 5.56 Å². The van der Waals surface area contributed by atoms with E-state index in [-0.39, 0.29) is 18.6 Å². The third kappa shape index (κ3) is 3.07. The number of esters is 1. The first-order valence-electron chi connectivity index (χ1n) is 8.25. The maximum atomic E-state index is 12.8. The number of H-pyrrole nitrogens is 1. The Morgan fingerprint density at radius 1 is 1.20 bits per heavy atom. The van der Waals surface area contributed by atoms with E-state index in [1.165, 1.54) is 10.1 Å². The summed E-state index contributed by atoms with van der Waals surface area (Å²) in [7, 11) is 0. The highest BCUT2D eigenvalue weighted by molar-refractivity contribution is 5.74. The Kier molecular flexibility index (Phi) is 4.44. The molecule has 0 amide bonds. The molecule has 0 fully saturated rings. The average molecular weight is 339 g/mol. The number of ether oxygens (including phenoxy) is 1. The van der Waals surface area contributed by atoms with Crippen LogP contribution in [0.2, 0.25) is 0 Å². The lowest BCUT2D eigenvalue weighted by molar-refractivity contribution is -0.142. The van der Waals surface area contributed by atoms with Crippen LogP contribution in [0.5, 0.6) is 0 Å². The van der Waals surface area contributed by atoms with Gasteiger partial charge in [0.2, 0.25) is 0 Å². The van der Waals surface area contributed by atoms with Gasteiger partial charge in [-0.05, 0) is 33.3 Å². The SMILES string of the molecule is CCOC(=O)Cc1c(C)nc2c(C)c(-c3ccc(C)cc3)[nH]n2c1=O. The molecule has 0 spiro atoms. The van der Waals surface area contributed by atoms with Crippen molar-refractivity contribution in [3.8, 4) is 11.3 Å². The quantitative estimate of drug-likeness (QED) is 0.742. The van der Waals surface area contributed by atoms with Crippen molar-refractivity contribution in [3.63, 3.8) is 0 Å². The van der Waals surface area contributed by atoms with Crippen LogP contribution in [0, 0.1) is 20.8 Å². The number of rotatable bonds is 4. The Morgan fingerprint density at radius 3 is 2.52 bits per heavy atom. The van der Waals surface area contributed by atoms with Gasteiger partial charge in [0, 0.05) is 11.3 Å². The number of aryl methyl sites for hydroxylation is 3. The second-order valence-electron chi connectivity index (χ2n) is 6.10. The first-order chi connectivity index (χ1) is 11.9. The third-order valence-corrected chi connectivity index (χ3v) is 4.28. The van der Waals surface area contributed by atoms with Crippen LogP contribution < -0.4 is 5.56 Å². The number of aromatic amines is 1. The lowest BCUT2D eigenvalue weighted by Gasteiger charge is -2.05. The molecular formula is C19H21N3O3. The van der Waals surface area contributed by atoms with Gasteiger partial charge in [0.05, 0.1) is 24.3 Å². The summed E-state index contributed by atoms with van der Waals surface area (Å²) >= 11 is 0. The zero-order valence-corrected chi connectivity index (χ0v) is 14.8. The fourth-order valence-electron chi connectivity index (χ4n) is 2.89. The molecule has 25 heavy (non-hydrogen) atoms. The minimum Gasteiger partial charge on any atom is -0.466 e. The summed E-state index contributed by atoms with van der Waals surface area (Å²) in [5.41, 5.74) is 5.10. The highest BCUT2D eigenvalue weighted by Crippen LogP contribution is 2.24. The Balaban J connectivity index is 2.14. The summed E-state index contributed by atoms with van der Waals surface area (Å²) in [5, 5.41) is 3.13. The van der Waals surface area contributed by atoms with E-state index < -0.39 is 5.97 Å². The van der Waals surface area contributed by atoms with Gasteiger partial charge in [0.15, 0.2) is 5.65 Å². The number of fused-ring (bicyclic) bond motifs is 1. The minimum atomic E-state index is -0.425. The molecule has 0 bridgehead atoms. The van der Waals surface area contributed by atoms with Crippen LogP contribution in [0.3, 0.4) is 0 Å². The van der Waals surface area contributed by atoms with Gasteiger partial charge in [-0.1, -0.05) is 29.8 Å². The summed E-state index contributed by atoms with van der Waals surface area (Å²) in [5.74, 6) is -0.425. The van der Waals surface area contributed by atoms with Gasteiger partial charge in [-0.25, -0.2) is 9.50 Å². The molecule has 3 aromatic rings. The molecule has 2 heterocycles. The zero-order valence-electron chi connectivity index (χ0n) is 14.8. The van der Waals surface area contributed by atoms with Crippen LogP contribution in [0.15, 0.2) is 29.1 Å². The van der Waals surface area contributed by atoms with Crippen molar-refractivity contribution in [1.82, 2.24) is 14.6 Å². The maximum Gasteiger partial charge on any atom is 0.310 e. The van der Waals surface area contributed by atoms with E-state index in [0.717, 1.165) is 16.8 Å². The lowest BCUT2D eigenvalue weighted by atomic mass is 10.1. The van der Waals surface area contributed by atoms with Crippen molar-refractivity contribution >= 4 is 11.6 Å². The molecular weight excluding hydrogens is 318 g/mol. The monoisotopic (exact) mass is 339 g/mol. The molecule has 0 saturated heterocycles. The first-order valence-corrected chi connectivity index (χ1v) is 8.25. The number of nitrogens with zero attached hydrogens (tertiary/aromatic N) is 2. The Labute approximate surface area is 145 Å². The van der Waals surface area contributed by atoms with Gasteiger partial charge >= 0.3 is 5.97 Å². The van der Waals surface area contributed by atoms with Crippen molar-refractivity contribution in [1.29, 1.82) is 0 Å². The van der Waals surface area contributed by atoms with E-state index in [4.69, 9.17) is 4.74 Å². The number of hydrogen-bond donors (Lipinski definition) is 1. The maximum absolute atomic E-state index is 12.8. The third-order valence-electron chi connectivity index (χ3n) is 4.28. The summed E-state index contributed by atoms with van der Waals surface area (Å²) < 4.78 is 6.36. The standard InChI is InChI=1S/C19H21N3O3/c1-5-25-16(23)10-15-13(4)20-18-12(3)17(21-22(18)19(15)24)14-8-6-11(2)7-9-14/h6-9,21H,5,10H2,1-4H3. The Morgan fingerprint density at radius 2 is 1.88 bits per heavy atom. The molecule has 0 radical (unpaired) electrons. The van der Waals surface area contributed by atoms with E-state index >= 15 is 0 Å². The molecule has 0 saturated carbocycles. The van der Waals surface area contributed by atoms with Gasteiger partial charge in [-0.2, -0.15) is 0 Å². The fraction of sp³-hybridized carbons (Fsp3) is 0.316. The molecule has 1 aromatic carbocycles. The highest BCUT2D eigenvalue weighted by atomic mass is 16.5. The van der Waals surface area contributed by atoms with Crippen molar-refractivity contribution in [3.05, 3.63) is 57.0 Å². The first kappa shape index (κ1) is 17.0. The molecule has 0 aliphatic heterocycles. The average Bonchev–Trinajstić information content (AvgIpc) is 2.90. The predicted octanol–water partition coefficient (Wildman–Crippen LogP) is 2.72. The van der Waals surface area contributed by atoms with E-state index in [1.807, 2.05) is 38.1 Å². The Bertz CT molecular complexity index is 997. The van der Waals surface area contributed by atoms with Crippen LogP contribution in [0.4, 0.5) is 0 Å². The number of hydrogen-bond acceptors (Lipinski definition) is 4. The summed E-state index contributed by atoms with van der Waals surface area (Å²) in [6.45, 7) is 7.72. The van der Waals surface area contributed by atoms with Gasteiger partial charge < -0.3 is 4.74 Å². The second kappa shape index (κ2) is 6.55. The molecule has 0 aliphatic rings. The molecule has 0 aliphatic carbocycles. The van der Waals surface area contributed by atoms with Gasteiger partial charge in [0.1, 0.15) is 0 Å². The van der Waals surface area contributed by atoms with Crippen molar-refractivity contribution in [2.75, 3.05) is 6.61 Å². The van der Waals surface area contributed by atoms with Crippen molar-refractivity contribution in [2.45, 2.75) is 34.1 Å². The molecule has 1 N–H and O–H groups in total. The number of aromatic nitrogens is 3. The van der Waals surface area contributed by atoms with Crippen LogP contribution in [-0.4, -0.2) is 27.2 Å². The second-order valence-corrected chi connectivity index (χ2v) is 6.10. The van der Waals surface area contributed by atoms with E-state index in [1.54, 1.807) is 13.8 Å². The van der Waals surface area contributed by atoms with Crippen molar-refractivity contribution < 1.29 is 9.53 Å². The molecule has 2 aromatic heterocycles. The molecule has 0 atom stereocenters. The van der Waals surface area contributed by atoms with Crippen molar-refractivity contribution in [2.24, 2.45) is 0 Å². The smallest absolute Gasteiger partial charge is 0.310 e. The van der Waals surface area contributed by atoms with Crippen LogP contribution in [-0.2, 0) is 16.0 Å². The number of benzene rings is 1. The zero-order chi connectivity index (χ0) is 18.1.